The SMILES string of the molecule is CC1CCC(C(C)c2ccc(N(c3ccccc3-c3cccc4cccc(-c5ccccc5)c34)c3cccc4c3C(C)(C)c3ccccc3-4)cc2)C1. The molecule has 2 aliphatic carbocycles. The van der Waals surface area contributed by atoms with Gasteiger partial charge in [0.05, 0.1) is 11.4 Å². The predicted octanol–water partition coefficient (Wildman–Crippen LogP) is 14.5. The Morgan fingerprint density at radius 2 is 1.17 bits per heavy atom. The molecule has 256 valence electrons. The molecule has 7 aromatic rings. The molecule has 0 N–H and O–H groups in total. The second kappa shape index (κ2) is 13.0. The first-order valence-electron chi connectivity index (χ1n) is 19.2. The lowest BCUT2D eigenvalue weighted by Crippen LogP contribution is -2.21. The summed E-state index contributed by atoms with van der Waals surface area (Å²) in [4.78, 5) is 2.55. The van der Waals surface area contributed by atoms with Gasteiger partial charge in [-0.1, -0.05) is 168 Å². The molecule has 0 aromatic heterocycles. The summed E-state index contributed by atoms with van der Waals surface area (Å²) in [6, 6.07) is 58.9. The molecule has 0 amide bonds. The number of rotatable bonds is 7. The zero-order chi connectivity index (χ0) is 35.4. The van der Waals surface area contributed by atoms with Crippen LogP contribution in [-0.4, -0.2) is 0 Å². The molecular weight excluding hydrogens is 627 g/mol. The molecule has 3 atom stereocenters. The van der Waals surface area contributed by atoms with Crippen LogP contribution in [0.25, 0.3) is 44.2 Å². The van der Waals surface area contributed by atoms with Crippen LogP contribution < -0.4 is 4.90 Å². The van der Waals surface area contributed by atoms with Crippen LogP contribution in [0.15, 0.2) is 158 Å². The van der Waals surface area contributed by atoms with Crippen LogP contribution in [0.5, 0.6) is 0 Å². The van der Waals surface area contributed by atoms with Crippen LogP contribution in [0, 0.1) is 11.8 Å². The summed E-state index contributed by atoms with van der Waals surface area (Å²) in [7, 11) is 0. The minimum atomic E-state index is -0.163. The van der Waals surface area contributed by atoms with Gasteiger partial charge < -0.3 is 4.90 Å². The highest BCUT2D eigenvalue weighted by Crippen LogP contribution is 2.55. The zero-order valence-electron chi connectivity index (χ0n) is 30.8. The van der Waals surface area contributed by atoms with Crippen molar-refractivity contribution in [3.8, 4) is 33.4 Å². The van der Waals surface area contributed by atoms with E-state index in [0.717, 1.165) is 11.8 Å². The lowest BCUT2D eigenvalue weighted by Gasteiger charge is -2.33. The van der Waals surface area contributed by atoms with Crippen molar-refractivity contribution in [3.05, 3.63) is 174 Å². The summed E-state index contributed by atoms with van der Waals surface area (Å²) in [5, 5.41) is 2.53. The fourth-order valence-corrected chi connectivity index (χ4v) is 9.64. The Labute approximate surface area is 309 Å². The third-order valence-corrected chi connectivity index (χ3v) is 12.3. The fraction of sp³-hybridized carbons (Fsp3) is 0.216. The highest BCUT2D eigenvalue weighted by Gasteiger charge is 2.39. The van der Waals surface area contributed by atoms with Gasteiger partial charge in [0.1, 0.15) is 0 Å². The maximum Gasteiger partial charge on any atom is 0.0540 e. The Morgan fingerprint density at radius 3 is 1.92 bits per heavy atom. The number of hydrogen-bond donors (Lipinski definition) is 0. The molecular formula is C51H47N. The van der Waals surface area contributed by atoms with E-state index in [0.29, 0.717) is 5.92 Å². The van der Waals surface area contributed by atoms with Crippen LogP contribution in [-0.2, 0) is 5.41 Å². The normalized spacial score (nSPS) is 17.8. The van der Waals surface area contributed by atoms with E-state index in [1.165, 1.54) is 97.2 Å². The van der Waals surface area contributed by atoms with Crippen molar-refractivity contribution in [2.75, 3.05) is 4.90 Å². The zero-order valence-corrected chi connectivity index (χ0v) is 30.8. The third-order valence-electron chi connectivity index (χ3n) is 12.3. The molecule has 0 spiro atoms. The minimum Gasteiger partial charge on any atom is -0.310 e. The van der Waals surface area contributed by atoms with Gasteiger partial charge in [0.25, 0.3) is 0 Å². The smallest absolute Gasteiger partial charge is 0.0540 e. The summed E-state index contributed by atoms with van der Waals surface area (Å²) in [5.74, 6) is 2.16. The molecule has 0 aliphatic heterocycles. The maximum absolute atomic E-state index is 2.55. The van der Waals surface area contributed by atoms with Gasteiger partial charge in [0.15, 0.2) is 0 Å². The third kappa shape index (κ3) is 5.37. The molecule has 52 heavy (non-hydrogen) atoms. The van der Waals surface area contributed by atoms with E-state index in [-0.39, 0.29) is 5.41 Å². The van der Waals surface area contributed by atoms with Crippen LogP contribution in [0.2, 0.25) is 0 Å². The molecule has 1 fully saturated rings. The van der Waals surface area contributed by atoms with E-state index in [4.69, 9.17) is 0 Å². The lowest BCUT2D eigenvalue weighted by atomic mass is 9.81. The number of para-hydroxylation sites is 1. The van der Waals surface area contributed by atoms with Crippen LogP contribution in [0.1, 0.15) is 69.6 Å². The Morgan fingerprint density at radius 1 is 0.558 bits per heavy atom. The second-order valence-electron chi connectivity index (χ2n) is 15.9. The van der Waals surface area contributed by atoms with Gasteiger partial charge in [0.2, 0.25) is 0 Å². The average molecular weight is 674 g/mol. The number of benzene rings is 7. The van der Waals surface area contributed by atoms with E-state index in [2.05, 4.69) is 190 Å². The highest BCUT2D eigenvalue weighted by molar-refractivity contribution is 6.09. The first kappa shape index (κ1) is 32.5. The molecule has 1 heteroatoms. The summed E-state index contributed by atoms with van der Waals surface area (Å²) >= 11 is 0. The number of anilines is 3. The highest BCUT2D eigenvalue weighted by atomic mass is 15.1. The summed E-state index contributed by atoms with van der Waals surface area (Å²) in [6.07, 6.45) is 4.03. The second-order valence-corrected chi connectivity index (χ2v) is 15.9. The van der Waals surface area contributed by atoms with Crippen LogP contribution >= 0.6 is 0 Å². The van der Waals surface area contributed by atoms with Gasteiger partial charge in [0, 0.05) is 16.7 Å². The van der Waals surface area contributed by atoms with Gasteiger partial charge in [-0.05, 0) is 110 Å². The molecule has 1 nitrogen and oxygen atoms in total. The van der Waals surface area contributed by atoms with Crippen molar-refractivity contribution in [2.45, 2.75) is 58.3 Å². The van der Waals surface area contributed by atoms with Crippen LogP contribution in [0.3, 0.4) is 0 Å². The first-order chi connectivity index (χ1) is 25.4. The molecule has 0 radical (unpaired) electrons. The molecule has 3 unspecified atom stereocenters. The number of hydrogen-bond acceptors (Lipinski definition) is 1. The summed E-state index contributed by atoms with van der Waals surface area (Å²) in [6.45, 7) is 9.66. The van der Waals surface area contributed by atoms with Gasteiger partial charge in [-0.2, -0.15) is 0 Å². The molecule has 0 heterocycles. The van der Waals surface area contributed by atoms with Crippen molar-refractivity contribution >= 4 is 27.8 Å². The quantitative estimate of drug-likeness (QED) is 0.163. The Hall–Kier alpha value is -5.40. The fourth-order valence-electron chi connectivity index (χ4n) is 9.64. The van der Waals surface area contributed by atoms with E-state index >= 15 is 0 Å². The molecule has 2 aliphatic rings. The van der Waals surface area contributed by atoms with E-state index in [1.807, 2.05) is 0 Å². The van der Waals surface area contributed by atoms with Gasteiger partial charge >= 0.3 is 0 Å². The van der Waals surface area contributed by atoms with Gasteiger partial charge in [-0.25, -0.2) is 0 Å². The Bertz CT molecular complexity index is 2390. The van der Waals surface area contributed by atoms with Crippen molar-refractivity contribution in [3.63, 3.8) is 0 Å². The van der Waals surface area contributed by atoms with Gasteiger partial charge in [-0.15, -0.1) is 0 Å². The van der Waals surface area contributed by atoms with E-state index < -0.39 is 0 Å². The Kier molecular flexibility index (Phi) is 8.11. The summed E-state index contributed by atoms with van der Waals surface area (Å²) in [5.41, 5.74) is 15.3. The Balaban J connectivity index is 1.27. The molecule has 7 aromatic carbocycles. The van der Waals surface area contributed by atoms with Crippen molar-refractivity contribution < 1.29 is 0 Å². The monoisotopic (exact) mass is 673 g/mol. The number of fused-ring (bicyclic) bond motifs is 4. The average Bonchev–Trinajstić information content (AvgIpc) is 3.73. The molecule has 9 rings (SSSR count). The van der Waals surface area contributed by atoms with E-state index in [1.54, 1.807) is 0 Å². The van der Waals surface area contributed by atoms with Gasteiger partial charge in [-0.3, -0.25) is 0 Å². The van der Waals surface area contributed by atoms with E-state index in [9.17, 15) is 0 Å². The standard InChI is InChI=1S/C51H47N/c1-34-27-28-39(33-34)35(2)36-29-31-40(32-30-36)52(48-26-14-23-45-42-19-8-10-24-46(42)51(3,4)50(45)48)47-25-11-9-20-43(47)44-22-13-18-38-17-12-21-41(49(38)44)37-15-6-5-7-16-37/h5-26,29-32,34-35,39H,27-28,33H2,1-4H3. The van der Waals surface area contributed by atoms with Crippen molar-refractivity contribution in [2.24, 2.45) is 11.8 Å². The topological polar surface area (TPSA) is 3.24 Å². The largest absolute Gasteiger partial charge is 0.310 e. The van der Waals surface area contributed by atoms with Crippen molar-refractivity contribution in [1.29, 1.82) is 0 Å². The lowest BCUT2D eigenvalue weighted by molar-refractivity contribution is 0.443. The number of nitrogens with zero attached hydrogens (tertiary/aromatic N) is 1. The van der Waals surface area contributed by atoms with Crippen molar-refractivity contribution in [1.82, 2.24) is 0 Å². The molecule has 0 bridgehead atoms. The first-order valence-corrected chi connectivity index (χ1v) is 19.2. The molecule has 0 saturated heterocycles. The summed E-state index contributed by atoms with van der Waals surface area (Å²) < 4.78 is 0. The minimum absolute atomic E-state index is 0.163. The molecule has 1 saturated carbocycles. The predicted molar refractivity (Wildman–Crippen MR) is 222 cm³/mol. The van der Waals surface area contributed by atoms with Crippen LogP contribution in [0.4, 0.5) is 17.1 Å². The maximum atomic E-state index is 2.55.